The molecule has 1 aromatic carbocycles. The minimum atomic E-state index is -0.329. The first-order chi connectivity index (χ1) is 11.6. The summed E-state index contributed by atoms with van der Waals surface area (Å²) in [5.41, 5.74) is 1.14. The number of aromatic nitrogens is 2. The molecule has 1 aromatic heterocycles. The van der Waals surface area contributed by atoms with E-state index in [2.05, 4.69) is 10.4 Å². The summed E-state index contributed by atoms with van der Waals surface area (Å²) >= 11 is 0. The Kier molecular flexibility index (Phi) is 4.50. The quantitative estimate of drug-likeness (QED) is 0.873. The maximum Gasteiger partial charge on any atom is 0.267 e. The van der Waals surface area contributed by atoms with E-state index in [1.807, 2.05) is 0 Å². The maximum absolute atomic E-state index is 12.2. The third-order valence-corrected chi connectivity index (χ3v) is 3.84. The number of carbonyl (C=O) groups is 1. The number of carbonyl (C=O) groups excluding carboxylic acids is 1. The van der Waals surface area contributed by atoms with Crippen LogP contribution in [0, 0.1) is 0 Å². The van der Waals surface area contributed by atoms with Gasteiger partial charge >= 0.3 is 0 Å². The zero-order chi connectivity index (χ0) is 17.1. The zero-order valence-electron chi connectivity index (χ0n) is 13.6. The molecule has 7 heteroatoms. The number of nitrogens with one attached hydrogen (secondary N) is 1. The number of anilines is 1. The first-order valence-electron chi connectivity index (χ1n) is 7.70. The molecule has 0 unspecified atom stereocenters. The fraction of sp³-hybridized carbons (Fsp3) is 0.353. The van der Waals surface area contributed by atoms with Crippen LogP contribution in [0.4, 0.5) is 5.69 Å². The molecule has 7 nitrogen and oxygen atoms in total. The van der Waals surface area contributed by atoms with Gasteiger partial charge in [-0.15, -0.1) is 0 Å². The van der Waals surface area contributed by atoms with Crippen LogP contribution in [0.1, 0.15) is 24.5 Å². The van der Waals surface area contributed by atoms with Crippen molar-refractivity contribution in [2.45, 2.75) is 25.3 Å². The summed E-state index contributed by atoms with van der Waals surface area (Å²) in [4.78, 5) is 24.1. The molecule has 0 atom stereocenters. The van der Waals surface area contributed by atoms with Crippen LogP contribution in [0.25, 0.3) is 0 Å². The van der Waals surface area contributed by atoms with E-state index < -0.39 is 0 Å². The molecule has 1 aliphatic rings. The maximum atomic E-state index is 12.2. The van der Waals surface area contributed by atoms with E-state index in [0.29, 0.717) is 23.1 Å². The Morgan fingerprint density at radius 3 is 2.62 bits per heavy atom. The Morgan fingerprint density at radius 2 is 1.96 bits per heavy atom. The van der Waals surface area contributed by atoms with Crippen molar-refractivity contribution in [1.29, 1.82) is 0 Å². The Labute approximate surface area is 139 Å². The number of benzene rings is 1. The topological polar surface area (TPSA) is 82.5 Å². The van der Waals surface area contributed by atoms with Crippen molar-refractivity contribution in [3.05, 3.63) is 46.4 Å². The number of ether oxygens (including phenoxy) is 2. The first-order valence-corrected chi connectivity index (χ1v) is 7.70. The fourth-order valence-electron chi connectivity index (χ4n) is 2.43. The van der Waals surface area contributed by atoms with Gasteiger partial charge in [0.05, 0.1) is 19.9 Å². The molecule has 1 heterocycles. The van der Waals surface area contributed by atoms with Crippen LogP contribution in [0.15, 0.2) is 35.1 Å². The van der Waals surface area contributed by atoms with Crippen molar-refractivity contribution in [3.63, 3.8) is 0 Å². The Bertz CT molecular complexity index is 812. The third kappa shape index (κ3) is 3.56. The molecule has 0 bridgehead atoms. The minimum Gasteiger partial charge on any atom is -0.493 e. The molecule has 2 aromatic rings. The van der Waals surface area contributed by atoms with E-state index in [9.17, 15) is 9.59 Å². The van der Waals surface area contributed by atoms with Gasteiger partial charge in [0, 0.05) is 23.7 Å². The van der Waals surface area contributed by atoms with Gasteiger partial charge in [0.15, 0.2) is 11.5 Å². The summed E-state index contributed by atoms with van der Waals surface area (Å²) in [6, 6.07) is 8.27. The second-order valence-corrected chi connectivity index (χ2v) is 5.65. The molecular weight excluding hydrogens is 310 g/mol. The second-order valence-electron chi connectivity index (χ2n) is 5.65. The van der Waals surface area contributed by atoms with Gasteiger partial charge in [-0.1, -0.05) is 0 Å². The summed E-state index contributed by atoms with van der Waals surface area (Å²) < 4.78 is 11.6. The molecule has 1 fully saturated rings. The van der Waals surface area contributed by atoms with Crippen LogP contribution in [0.2, 0.25) is 0 Å². The van der Waals surface area contributed by atoms with Crippen molar-refractivity contribution in [1.82, 2.24) is 9.78 Å². The largest absolute Gasteiger partial charge is 0.493 e. The highest BCUT2D eigenvalue weighted by atomic mass is 16.5. The van der Waals surface area contributed by atoms with Crippen LogP contribution >= 0.6 is 0 Å². The van der Waals surface area contributed by atoms with E-state index in [4.69, 9.17) is 9.47 Å². The standard InChI is InChI=1S/C17H19N3O4/c1-23-14-7-5-12(9-15(14)24-2)18-16(21)10-20-17(22)8-6-13(19-20)11-3-4-11/h5-9,11H,3-4,10H2,1-2H3,(H,18,21). The summed E-state index contributed by atoms with van der Waals surface area (Å²) in [5.74, 6) is 1.18. The minimum absolute atomic E-state index is 0.131. The van der Waals surface area contributed by atoms with E-state index in [1.165, 1.54) is 17.9 Å². The highest BCUT2D eigenvalue weighted by Gasteiger charge is 2.25. The van der Waals surface area contributed by atoms with Gasteiger partial charge in [-0.05, 0) is 31.0 Å². The molecule has 1 saturated carbocycles. The van der Waals surface area contributed by atoms with Crippen LogP contribution in [-0.4, -0.2) is 29.9 Å². The summed E-state index contributed by atoms with van der Waals surface area (Å²) in [7, 11) is 3.07. The van der Waals surface area contributed by atoms with Crippen molar-refractivity contribution < 1.29 is 14.3 Å². The number of methoxy groups -OCH3 is 2. The van der Waals surface area contributed by atoms with Crippen molar-refractivity contribution >= 4 is 11.6 Å². The lowest BCUT2D eigenvalue weighted by Crippen LogP contribution is -2.29. The number of amides is 1. The van der Waals surface area contributed by atoms with E-state index in [0.717, 1.165) is 18.5 Å². The normalized spacial score (nSPS) is 13.4. The number of nitrogens with zero attached hydrogens (tertiary/aromatic N) is 2. The first kappa shape index (κ1) is 16.0. The average Bonchev–Trinajstić information content (AvgIpc) is 3.41. The van der Waals surface area contributed by atoms with Gasteiger partial charge in [0.25, 0.3) is 5.56 Å². The molecule has 24 heavy (non-hydrogen) atoms. The van der Waals surface area contributed by atoms with E-state index >= 15 is 0 Å². The van der Waals surface area contributed by atoms with Gasteiger partial charge in [0.1, 0.15) is 6.54 Å². The van der Waals surface area contributed by atoms with Crippen LogP contribution < -0.4 is 20.3 Å². The summed E-state index contributed by atoms with van der Waals surface area (Å²) in [5, 5.41) is 7.01. The van der Waals surface area contributed by atoms with Gasteiger partial charge in [-0.2, -0.15) is 5.10 Å². The average molecular weight is 329 g/mol. The number of hydrogen-bond acceptors (Lipinski definition) is 5. The predicted octanol–water partition coefficient (Wildman–Crippen LogP) is 1.78. The predicted molar refractivity (Wildman–Crippen MR) is 88.6 cm³/mol. The van der Waals surface area contributed by atoms with Gasteiger partial charge < -0.3 is 14.8 Å². The Hall–Kier alpha value is -2.83. The van der Waals surface area contributed by atoms with Crippen molar-refractivity contribution in [2.24, 2.45) is 0 Å². The highest BCUT2D eigenvalue weighted by Crippen LogP contribution is 2.38. The Balaban J connectivity index is 1.72. The lowest BCUT2D eigenvalue weighted by Gasteiger charge is -2.11. The molecule has 0 radical (unpaired) electrons. The number of hydrogen-bond donors (Lipinski definition) is 1. The second kappa shape index (κ2) is 6.74. The molecule has 0 spiro atoms. The fourth-order valence-corrected chi connectivity index (χ4v) is 2.43. The smallest absolute Gasteiger partial charge is 0.267 e. The highest BCUT2D eigenvalue weighted by molar-refractivity contribution is 5.90. The monoisotopic (exact) mass is 329 g/mol. The zero-order valence-corrected chi connectivity index (χ0v) is 13.6. The summed E-state index contributed by atoms with van der Waals surface area (Å²) in [6.07, 6.45) is 2.17. The third-order valence-electron chi connectivity index (χ3n) is 3.84. The lowest BCUT2D eigenvalue weighted by atomic mass is 10.2. The van der Waals surface area contributed by atoms with Crippen LogP contribution in [-0.2, 0) is 11.3 Å². The molecule has 126 valence electrons. The molecule has 1 N–H and O–H groups in total. The number of rotatable bonds is 6. The van der Waals surface area contributed by atoms with Crippen LogP contribution in [0.3, 0.4) is 0 Å². The molecule has 0 aliphatic heterocycles. The van der Waals surface area contributed by atoms with Crippen molar-refractivity contribution in [2.75, 3.05) is 19.5 Å². The summed E-state index contributed by atoms with van der Waals surface area (Å²) in [6.45, 7) is -0.131. The van der Waals surface area contributed by atoms with Gasteiger partial charge in [-0.25, -0.2) is 4.68 Å². The molecule has 1 aliphatic carbocycles. The molecule has 3 rings (SSSR count). The molecule has 0 saturated heterocycles. The van der Waals surface area contributed by atoms with Crippen molar-refractivity contribution in [3.8, 4) is 11.5 Å². The van der Waals surface area contributed by atoms with Gasteiger partial charge in [0.2, 0.25) is 5.91 Å². The van der Waals surface area contributed by atoms with E-state index in [1.54, 1.807) is 31.4 Å². The van der Waals surface area contributed by atoms with Gasteiger partial charge in [-0.3, -0.25) is 9.59 Å². The Morgan fingerprint density at radius 1 is 1.21 bits per heavy atom. The SMILES string of the molecule is COc1ccc(NC(=O)Cn2nc(C3CC3)ccc2=O)cc1OC. The molecular formula is C17H19N3O4. The lowest BCUT2D eigenvalue weighted by molar-refractivity contribution is -0.117. The molecule has 1 amide bonds. The van der Waals surface area contributed by atoms with E-state index in [-0.39, 0.29) is 18.0 Å². The van der Waals surface area contributed by atoms with Crippen LogP contribution in [0.5, 0.6) is 11.5 Å².